The van der Waals surface area contributed by atoms with Gasteiger partial charge in [-0.1, -0.05) is 42.5 Å². The molecule has 2 heterocycles. The monoisotopic (exact) mass is 407 g/mol. The van der Waals surface area contributed by atoms with Crippen LogP contribution in [0.15, 0.2) is 72.2 Å². The van der Waals surface area contributed by atoms with Gasteiger partial charge in [-0.3, -0.25) is 9.36 Å². The molecule has 0 atom stereocenters. The van der Waals surface area contributed by atoms with Crippen molar-refractivity contribution in [2.75, 3.05) is 11.4 Å². The van der Waals surface area contributed by atoms with Gasteiger partial charge in [0.25, 0.3) is 5.91 Å². The Bertz CT molecular complexity index is 1240. The maximum atomic E-state index is 12.5. The Kier molecular flexibility index (Phi) is 4.93. The molecule has 0 saturated carbocycles. The average molecular weight is 408 g/mol. The fraction of sp³-hybridized carbons (Fsp3) is 0.0952. The molecule has 7 heteroatoms. The largest absolute Gasteiger partial charge is 0.493 e. The minimum absolute atomic E-state index is 0.0183. The number of anilines is 1. The maximum Gasteiger partial charge on any atom is 0.279 e. The van der Waals surface area contributed by atoms with E-state index in [1.165, 1.54) is 11.3 Å². The van der Waals surface area contributed by atoms with Crippen molar-refractivity contribution in [3.05, 3.63) is 86.7 Å². The van der Waals surface area contributed by atoms with E-state index in [-0.39, 0.29) is 11.8 Å². The Balaban J connectivity index is 1.79. The summed E-state index contributed by atoms with van der Waals surface area (Å²) in [6.07, 6.45) is 1.80. The number of nitrogens with zero attached hydrogens (tertiary/aromatic N) is 3. The van der Waals surface area contributed by atoms with Crippen LogP contribution < -0.4 is 15.5 Å². The Hall–Kier alpha value is -3.03. The van der Waals surface area contributed by atoms with E-state index < -0.39 is 0 Å². The summed E-state index contributed by atoms with van der Waals surface area (Å²) >= 11 is 6.72. The predicted molar refractivity (Wildman–Crippen MR) is 114 cm³/mol. The second kappa shape index (κ2) is 7.53. The summed E-state index contributed by atoms with van der Waals surface area (Å²) in [5.74, 6) is -0.374. The second-order valence-corrected chi connectivity index (χ2v) is 7.89. The van der Waals surface area contributed by atoms with Crippen LogP contribution in [0.3, 0.4) is 0 Å². The molecule has 4 rings (SSSR count). The predicted octanol–water partition coefficient (Wildman–Crippen LogP) is 2.99. The first kappa shape index (κ1) is 18.3. The maximum absolute atomic E-state index is 12.5. The Morgan fingerprint density at radius 3 is 2.64 bits per heavy atom. The SMILES string of the molecule is C=CCN(Cn1c(O)c(C2=c3ccccc3=NC2=O)sc1=S)c1ccccc1. The zero-order valence-electron chi connectivity index (χ0n) is 14.9. The van der Waals surface area contributed by atoms with Gasteiger partial charge in [-0.25, -0.2) is 4.99 Å². The molecule has 140 valence electrons. The van der Waals surface area contributed by atoms with Gasteiger partial charge in [0.05, 0.1) is 17.6 Å². The molecular formula is C21H17N3O2S2. The van der Waals surface area contributed by atoms with Crippen LogP contribution in [-0.4, -0.2) is 22.1 Å². The first-order valence-electron chi connectivity index (χ1n) is 8.66. The lowest BCUT2D eigenvalue weighted by molar-refractivity contribution is -0.112. The third kappa shape index (κ3) is 3.19. The van der Waals surface area contributed by atoms with Gasteiger partial charge in [0.1, 0.15) is 4.88 Å². The van der Waals surface area contributed by atoms with E-state index in [4.69, 9.17) is 12.2 Å². The summed E-state index contributed by atoms with van der Waals surface area (Å²) in [5, 5.41) is 12.3. The van der Waals surface area contributed by atoms with Crippen molar-refractivity contribution in [2.45, 2.75) is 6.67 Å². The highest BCUT2D eigenvalue weighted by Crippen LogP contribution is 2.33. The smallest absolute Gasteiger partial charge is 0.279 e. The topological polar surface area (TPSA) is 57.8 Å². The molecule has 1 aromatic heterocycles. The van der Waals surface area contributed by atoms with E-state index in [0.717, 1.165) is 10.9 Å². The van der Waals surface area contributed by atoms with Crippen molar-refractivity contribution < 1.29 is 9.90 Å². The molecule has 1 aliphatic heterocycles. The number of benzene rings is 2. The number of hydrogen-bond donors (Lipinski definition) is 1. The summed E-state index contributed by atoms with van der Waals surface area (Å²) in [5.41, 5.74) is 1.39. The quantitative estimate of drug-likeness (QED) is 0.504. The molecule has 1 amide bonds. The lowest BCUT2D eigenvalue weighted by Crippen LogP contribution is -2.26. The van der Waals surface area contributed by atoms with Crippen LogP contribution in [0, 0.1) is 3.95 Å². The van der Waals surface area contributed by atoms with Gasteiger partial charge >= 0.3 is 0 Å². The zero-order chi connectivity index (χ0) is 19.7. The van der Waals surface area contributed by atoms with Crippen molar-refractivity contribution >= 4 is 40.7 Å². The lowest BCUT2D eigenvalue weighted by Gasteiger charge is -2.24. The highest BCUT2D eigenvalue weighted by Gasteiger charge is 2.25. The van der Waals surface area contributed by atoms with Gasteiger partial charge in [0.15, 0.2) is 3.95 Å². The normalized spacial score (nSPS) is 12.6. The van der Waals surface area contributed by atoms with E-state index in [9.17, 15) is 9.90 Å². The molecule has 0 aliphatic carbocycles. The molecule has 0 saturated heterocycles. The van der Waals surface area contributed by atoms with Gasteiger partial charge in [-0.05, 0) is 30.4 Å². The summed E-state index contributed by atoms with van der Waals surface area (Å²) in [6.45, 7) is 4.75. The number of thiazole rings is 1. The molecule has 1 N–H and O–H groups in total. The minimum atomic E-state index is -0.356. The number of aromatic hydroxyl groups is 1. The first-order valence-corrected chi connectivity index (χ1v) is 9.89. The number of aromatic nitrogens is 1. The molecule has 3 aromatic rings. The van der Waals surface area contributed by atoms with E-state index in [2.05, 4.69) is 11.6 Å². The number of para-hydroxylation sites is 2. The lowest BCUT2D eigenvalue weighted by atomic mass is 10.1. The van der Waals surface area contributed by atoms with E-state index in [0.29, 0.717) is 33.0 Å². The Labute approximate surface area is 170 Å². The van der Waals surface area contributed by atoms with E-state index >= 15 is 0 Å². The van der Waals surface area contributed by atoms with Crippen LogP contribution >= 0.6 is 23.6 Å². The third-order valence-electron chi connectivity index (χ3n) is 4.49. The Morgan fingerprint density at radius 2 is 1.89 bits per heavy atom. The molecule has 2 aromatic carbocycles. The molecule has 5 nitrogen and oxygen atoms in total. The first-order chi connectivity index (χ1) is 13.6. The Morgan fingerprint density at radius 1 is 1.18 bits per heavy atom. The van der Waals surface area contributed by atoms with Gasteiger partial charge < -0.3 is 10.0 Å². The fourth-order valence-electron chi connectivity index (χ4n) is 3.18. The van der Waals surface area contributed by atoms with E-state index in [1.807, 2.05) is 53.4 Å². The van der Waals surface area contributed by atoms with E-state index in [1.54, 1.807) is 16.7 Å². The zero-order valence-corrected chi connectivity index (χ0v) is 16.5. The number of hydrogen-bond acceptors (Lipinski definition) is 5. The van der Waals surface area contributed by atoms with Crippen LogP contribution in [0.5, 0.6) is 5.88 Å². The standard InChI is InChI=1S/C21H17N3O2S2/c1-2-12-23(14-8-4-3-5-9-14)13-24-20(26)18(28-21(24)27)17-15-10-6-7-11-16(15)22-19(17)25/h2-11,26H,1,12-13H2. The summed E-state index contributed by atoms with van der Waals surface area (Å²) < 4.78 is 2.12. The molecule has 0 fully saturated rings. The minimum Gasteiger partial charge on any atom is -0.493 e. The molecule has 0 unspecified atom stereocenters. The number of fused-ring (bicyclic) bond motifs is 1. The molecular weight excluding hydrogens is 390 g/mol. The van der Waals surface area contributed by atoms with Gasteiger partial charge in [0.2, 0.25) is 5.88 Å². The van der Waals surface area contributed by atoms with Crippen LogP contribution in [0.4, 0.5) is 5.69 Å². The second-order valence-electron chi connectivity index (χ2n) is 6.25. The van der Waals surface area contributed by atoms with Crippen molar-refractivity contribution in [1.82, 2.24) is 4.57 Å². The summed E-state index contributed by atoms with van der Waals surface area (Å²) in [6, 6.07) is 17.1. The number of rotatable bonds is 6. The van der Waals surface area contributed by atoms with Crippen LogP contribution in [0.2, 0.25) is 0 Å². The molecule has 0 spiro atoms. The van der Waals surface area contributed by atoms with Crippen molar-refractivity contribution in [3.63, 3.8) is 0 Å². The number of carbonyl (C=O) groups excluding carboxylic acids is 1. The number of amides is 1. The average Bonchev–Trinajstić information content (AvgIpc) is 3.18. The number of carbonyl (C=O) groups is 1. The summed E-state index contributed by atoms with van der Waals surface area (Å²) in [7, 11) is 0. The van der Waals surface area contributed by atoms with Crippen LogP contribution in [0.1, 0.15) is 4.88 Å². The van der Waals surface area contributed by atoms with Gasteiger partial charge in [0, 0.05) is 17.5 Å². The van der Waals surface area contributed by atoms with Crippen LogP contribution in [0.25, 0.3) is 5.57 Å². The van der Waals surface area contributed by atoms with Crippen molar-refractivity contribution in [2.24, 2.45) is 4.99 Å². The van der Waals surface area contributed by atoms with Crippen LogP contribution in [-0.2, 0) is 11.5 Å². The fourth-order valence-corrected chi connectivity index (χ4v) is 4.50. The van der Waals surface area contributed by atoms with Crippen molar-refractivity contribution in [1.29, 1.82) is 0 Å². The molecule has 0 bridgehead atoms. The molecule has 1 aliphatic rings. The molecule has 0 radical (unpaired) electrons. The highest BCUT2D eigenvalue weighted by molar-refractivity contribution is 7.73. The third-order valence-corrected chi connectivity index (χ3v) is 5.94. The summed E-state index contributed by atoms with van der Waals surface area (Å²) in [4.78, 5) is 19.1. The van der Waals surface area contributed by atoms with Gasteiger partial charge in [-0.2, -0.15) is 0 Å². The van der Waals surface area contributed by atoms with Crippen molar-refractivity contribution in [3.8, 4) is 5.88 Å². The molecule has 28 heavy (non-hydrogen) atoms. The van der Waals surface area contributed by atoms with Gasteiger partial charge in [-0.15, -0.1) is 17.9 Å². The highest BCUT2D eigenvalue weighted by atomic mass is 32.1.